The number of carbonyl (C=O) groups is 1. The molecule has 1 atom stereocenters. The predicted octanol–water partition coefficient (Wildman–Crippen LogP) is 2.31. The van der Waals surface area contributed by atoms with Crippen molar-refractivity contribution in [2.24, 2.45) is 0 Å². The summed E-state index contributed by atoms with van der Waals surface area (Å²) in [5.74, 6) is 0.450. The lowest BCUT2D eigenvalue weighted by molar-refractivity contribution is 0.166. The molecule has 1 aromatic carbocycles. The molecule has 1 saturated carbocycles. The van der Waals surface area contributed by atoms with Crippen molar-refractivity contribution in [3.8, 4) is 5.75 Å². The van der Waals surface area contributed by atoms with Crippen LogP contribution < -0.4 is 10.1 Å². The summed E-state index contributed by atoms with van der Waals surface area (Å²) < 4.78 is 5.20. The maximum Gasteiger partial charge on any atom is 0.414 e. The van der Waals surface area contributed by atoms with Crippen molar-refractivity contribution in [1.82, 2.24) is 10.2 Å². The first-order chi connectivity index (χ1) is 10.1. The zero-order valence-corrected chi connectivity index (χ0v) is 12.7. The molecule has 1 aliphatic rings. The highest BCUT2D eigenvalue weighted by atomic mass is 16.6. The van der Waals surface area contributed by atoms with Crippen molar-refractivity contribution in [2.45, 2.75) is 37.8 Å². The van der Waals surface area contributed by atoms with E-state index in [2.05, 4.69) is 5.32 Å². The monoisotopic (exact) mass is 292 g/mol. The summed E-state index contributed by atoms with van der Waals surface area (Å²) in [6.45, 7) is 0.524. The zero-order valence-electron chi connectivity index (χ0n) is 12.7. The molecule has 0 aromatic heterocycles. The summed E-state index contributed by atoms with van der Waals surface area (Å²) in [4.78, 5) is 12.9. The Morgan fingerprint density at radius 1 is 1.43 bits per heavy atom. The zero-order chi connectivity index (χ0) is 15.2. The molecule has 0 radical (unpaired) electrons. The normalized spacial score (nSPS) is 16.7. The summed E-state index contributed by atoms with van der Waals surface area (Å²) in [7, 11) is 3.26. The van der Waals surface area contributed by atoms with Crippen LogP contribution in [0.4, 0.5) is 4.79 Å². The van der Waals surface area contributed by atoms with Crippen LogP contribution >= 0.6 is 0 Å². The molecule has 0 heterocycles. The SMILES string of the molecule is CN(C)C(=O)Oc1cccc(C(O)CNC2CCCC2)c1. The smallest absolute Gasteiger partial charge is 0.410 e. The van der Waals surface area contributed by atoms with Crippen LogP contribution in [-0.4, -0.2) is 42.8 Å². The molecule has 1 fully saturated rings. The average Bonchev–Trinajstić information content (AvgIpc) is 2.98. The Bertz CT molecular complexity index is 470. The Kier molecular flexibility index (Phi) is 5.59. The van der Waals surface area contributed by atoms with E-state index in [0.29, 0.717) is 18.3 Å². The van der Waals surface area contributed by atoms with Crippen molar-refractivity contribution in [1.29, 1.82) is 0 Å². The van der Waals surface area contributed by atoms with E-state index in [0.717, 1.165) is 5.56 Å². The van der Waals surface area contributed by atoms with E-state index >= 15 is 0 Å². The van der Waals surface area contributed by atoms with Crippen LogP contribution in [0.3, 0.4) is 0 Å². The Labute approximate surface area is 125 Å². The van der Waals surface area contributed by atoms with E-state index in [1.165, 1.54) is 30.6 Å². The van der Waals surface area contributed by atoms with Crippen LogP contribution in [0.1, 0.15) is 37.4 Å². The van der Waals surface area contributed by atoms with Gasteiger partial charge in [-0.2, -0.15) is 0 Å². The van der Waals surface area contributed by atoms with Crippen LogP contribution in [0, 0.1) is 0 Å². The van der Waals surface area contributed by atoms with Crippen LogP contribution in [0.2, 0.25) is 0 Å². The van der Waals surface area contributed by atoms with Crippen molar-refractivity contribution in [3.63, 3.8) is 0 Å². The molecule has 0 saturated heterocycles. The minimum absolute atomic E-state index is 0.425. The van der Waals surface area contributed by atoms with E-state index in [1.54, 1.807) is 32.3 Å². The van der Waals surface area contributed by atoms with Crippen LogP contribution in [-0.2, 0) is 0 Å². The predicted molar refractivity (Wildman–Crippen MR) is 81.4 cm³/mol. The quantitative estimate of drug-likeness (QED) is 0.874. The van der Waals surface area contributed by atoms with Gasteiger partial charge < -0.3 is 20.1 Å². The molecule has 1 amide bonds. The highest BCUT2D eigenvalue weighted by Crippen LogP contribution is 2.21. The topological polar surface area (TPSA) is 61.8 Å². The number of nitrogens with one attached hydrogen (secondary N) is 1. The van der Waals surface area contributed by atoms with E-state index < -0.39 is 12.2 Å². The first-order valence-electron chi connectivity index (χ1n) is 7.47. The fraction of sp³-hybridized carbons (Fsp3) is 0.562. The summed E-state index contributed by atoms with van der Waals surface area (Å²) in [6, 6.07) is 7.57. The van der Waals surface area contributed by atoms with Crippen molar-refractivity contribution in [2.75, 3.05) is 20.6 Å². The van der Waals surface area contributed by atoms with Gasteiger partial charge >= 0.3 is 6.09 Å². The number of aliphatic hydroxyl groups excluding tert-OH is 1. The molecule has 5 nitrogen and oxygen atoms in total. The Morgan fingerprint density at radius 3 is 2.81 bits per heavy atom. The number of nitrogens with zero attached hydrogens (tertiary/aromatic N) is 1. The summed E-state index contributed by atoms with van der Waals surface area (Å²) in [5, 5.41) is 13.6. The first kappa shape index (κ1) is 15.8. The molecule has 0 aliphatic heterocycles. The second-order valence-electron chi connectivity index (χ2n) is 5.74. The van der Waals surface area contributed by atoms with E-state index in [4.69, 9.17) is 4.74 Å². The third kappa shape index (κ3) is 4.72. The van der Waals surface area contributed by atoms with Gasteiger partial charge in [0.1, 0.15) is 5.75 Å². The second-order valence-corrected chi connectivity index (χ2v) is 5.74. The van der Waals surface area contributed by atoms with Gasteiger partial charge in [0.05, 0.1) is 6.10 Å². The lowest BCUT2D eigenvalue weighted by Crippen LogP contribution is -2.30. The second kappa shape index (κ2) is 7.43. The minimum atomic E-state index is -0.594. The van der Waals surface area contributed by atoms with Gasteiger partial charge in [0, 0.05) is 26.7 Å². The number of hydrogen-bond donors (Lipinski definition) is 2. The highest BCUT2D eigenvalue weighted by molar-refractivity contribution is 5.70. The maximum atomic E-state index is 11.5. The van der Waals surface area contributed by atoms with Gasteiger partial charge in [0.15, 0.2) is 0 Å². The largest absolute Gasteiger partial charge is 0.414 e. The van der Waals surface area contributed by atoms with Crippen LogP contribution in [0.15, 0.2) is 24.3 Å². The maximum absolute atomic E-state index is 11.5. The molecular weight excluding hydrogens is 268 g/mol. The molecular formula is C16H24N2O3. The Balaban J connectivity index is 1.90. The van der Waals surface area contributed by atoms with Crippen molar-refractivity contribution in [3.05, 3.63) is 29.8 Å². The van der Waals surface area contributed by atoms with Crippen molar-refractivity contribution < 1.29 is 14.6 Å². The third-order valence-electron chi connectivity index (χ3n) is 3.77. The molecule has 1 unspecified atom stereocenters. The minimum Gasteiger partial charge on any atom is -0.410 e. The lowest BCUT2D eigenvalue weighted by Gasteiger charge is -2.17. The molecule has 1 aromatic rings. The van der Waals surface area contributed by atoms with Gasteiger partial charge in [-0.25, -0.2) is 4.79 Å². The summed E-state index contributed by atoms with van der Waals surface area (Å²) in [5.41, 5.74) is 0.754. The fourth-order valence-electron chi connectivity index (χ4n) is 2.50. The van der Waals surface area contributed by atoms with E-state index in [-0.39, 0.29) is 0 Å². The lowest BCUT2D eigenvalue weighted by atomic mass is 10.1. The summed E-state index contributed by atoms with van der Waals surface area (Å²) in [6.07, 6.45) is 3.89. The first-order valence-corrected chi connectivity index (χ1v) is 7.47. The van der Waals surface area contributed by atoms with Gasteiger partial charge in [-0.3, -0.25) is 0 Å². The number of benzene rings is 1. The van der Waals surface area contributed by atoms with E-state index in [1.807, 2.05) is 6.07 Å². The molecule has 21 heavy (non-hydrogen) atoms. The average molecular weight is 292 g/mol. The number of amides is 1. The molecule has 2 N–H and O–H groups in total. The van der Waals surface area contributed by atoms with Gasteiger partial charge in [0.25, 0.3) is 0 Å². The molecule has 0 spiro atoms. The molecule has 1 aliphatic carbocycles. The molecule has 2 rings (SSSR count). The number of carbonyl (C=O) groups excluding carboxylic acids is 1. The molecule has 116 valence electrons. The fourth-order valence-corrected chi connectivity index (χ4v) is 2.50. The Hall–Kier alpha value is -1.59. The number of rotatable bonds is 5. The number of ether oxygens (including phenoxy) is 1. The van der Waals surface area contributed by atoms with Gasteiger partial charge in [-0.15, -0.1) is 0 Å². The number of hydrogen-bond acceptors (Lipinski definition) is 4. The number of aliphatic hydroxyl groups is 1. The third-order valence-corrected chi connectivity index (χ3v) is 3.77. The standard InChI is InChI=1S/C16H24N2O3/c1-18(2)16(20)21-14-9-5-6-12(10-14)15(19)11-17-13-7-3-4-8-13/h5-6,9-10,13,15,17,19H,3-4,7-8,11H2,1-2H3. The molecule has 5 heteroatoms. The van der Waals surface area contributed by atoms with E-state index in [9.17, 15) is 9.90 Å². The van der Waals surface area contributed by atoms with Gasteiger partial charge in [-0.05, 0) is 30.5 Å². The highest BCUT2D eigenvalue weighted by Gasteiger charge is 2.17. The summed E-state index contributed by atoms with van der Waals surface area (Å²) >= 11 is 0. The van der Waals surface area contributed by atoms with Crippen LogP contribution in [0.25, 0.3) is 0 Å². The molecule has 0 bridgehead atoms. The Morgan fingerprint density at radius 2 is 2.14 bits per heavy atom. The van der Waals surface area contributed by atoms with Gasteiger partial charge in [0.2, 0.25) is 0 Å². The van der Waals surface area contributed by atoms with Crippen LogP contribution in [0.5, 0.6) is 5.75 Å². The van der Waals surface area contributed by atoms with Crippen molar-refractivity contribution >= 4 is 6.09 Å². The van der Waals surface area contributed by atoms with Gasteiger partial charge in [-0.1, -0.05) is 25.0 Å².